The Kier molecular flexibility index (Phi) is 5.64. The number of anilines is 1. The van der Waals surface area contributed by atoms with E-state index in [9.17, 15) is 18.0 Å². The van der Waals surface area contributed by atoms with Crippen LogP contribution in [0.2, 0.25) is 0 Å². The summed E-state index contributed by atoms with van der Waals surface area (Å²) in [5.74, 6) is -0.619. The molecule has 0 atom stereocenters. The van der Waals surface area contributed by atoms with Gasteiger partial charge in [0.05, 0.1) is 18.4 Å². The fourth-order valence-corrected chi connectivity index (χ4v) is 4.44. The first kappa shape index (κ1) is 23.4. The number of aromatic nitrogens is 5. The van der Waals surface area contributed by atoms with Gasteiger partial charge in [-0.3, -0.25) is 9.48 Å². The zero-order valence-electron chi connectivity index (χ0n) is 19.7. The number of fused-ring (bicyclic) bond motifs is 2. The highest BCUT2D eigenvalue weighted by Crippen LogP contribution is 2.35. The summed E-state index contributed by atoms with van der Waals surface area (Å²) in [4.78, 5) is 17.7. The van der Waals surface area contributed by atoms with Gasteiger partial charge in [0.15, 0.2) is 11.3 Å². The summed E-state index contributed by atoms with van der Waals surface area (Å²) in [6.45, 7) is 0.498. The van der Waals surface area contributed by atoms with Crippen LogP contribution in [0.4, 0.5) is 18.9 Å². The molecule has 0 fully saturated rings. The maximum absolute atomic E-state index is 14.1. The molecular formula is C28H19F3N6O. The van der Waals surface area contributed by atoms with Crippen molar-refractivity contribution in [1.29, 1.82) is 0 Å². The molecule has 0 aliphatic rings. The topological polar surface area (TPSA) is 77.1 Å². The molecule has 6 aromatic rings. The number of benzene rings is 3. The molecular weight excluding hydrogens is 493 g/mol. The maximum atomic E-state index is 14.1. The summed E-state index contributed by atoms with van der Waals surface area (Å²) in [6.07, 6.45) is -0.123. The van der Waals surface area contributed by atoms with Gasteiger partial charge in [-0.2, -0.15) is 23.4 Å². The Balaban J connectivity index is 1.41. The van der Waals surface area contributed by atoms with Gasteiger partial charge in [0.25, 0.3) is 5.91 Å². The minimum atomic E-state index is -4.72. The van der Waals surface area contributed by atoms with Crippen molar-refractivity contribution in [3.05, 3.63) is 114 Å². The molecule has 10 heteroatoms. The van der Waals surface area contributed by atoms with Crippen molar-refractivity contribution in [2.75, 3.05) is 5.32 Å². The van der Waals surface area contributed by atoms with E-state index in [-0.39, 0.29) is 16.9 Å². The standard InChI is InChI=1S/C28H19F3N6O/c29-28(30,31)25-15-24(22-11-4-8-19-7-1-2-10-21(19)22)35-26-23(16-33-37(25)26)27(38)34-20-9-3-6-18(14-20)17-36-13-5-12-32-36/h1-16H,17H2,(H,34,38). The van der Waals surface area contributed by atoms with E-state index in [2.05, 4.69) is 20.5 Å². The Labute approximate surface area is 214 Å². The van der Waals surface area contributed by atoms with Crippen molar-refractivity contribution in [3.8, 4) is 11.3 Å². The predicted molar refractivity (Wildman–Crippen MR) is 137 cm³/mol. The Morgan fingerprint density at radius 2 is 1.74 bits per heavy atom. The van der Waals surface area contributed by atoms with Crippen LogP contribution in [-0.2, 0) is 12.7 Å². The minimum Gasteiger partial charge on any atom is -0.322 e. The fourth-order valence-electron chi connectivity index (χ4n) is 4.44. The van der Waals surface area contributed by atoms with Gasteiger partial charge in [-0.25, -0.2) is 9.50 Å². The summed E-state index contributed by atoms with van der Waals surface area (Å²) in [6, 6.07) is 22.6. The van der Waals surface area contributed by atoms with Gasteiger partial charge in [0.1, 0.15) is 5.56 Å². The number of nitrogens with zero attached hydrogens (tertiary/aromatic N) is 5. The molecule has 0 saturated carbocycles. The van der Waals surface area contributed by atoms with Gasteiger partial charge in [-0.15, -0.1) is 0 Å². The van der Waals surface area contributed by atoms with Crippen LogP contribution in [0.3, 0.4) is 0 Å². The zero-order valence-corrected chi connectivity index (χ0v) is 19.7. The lowest BCUT2D eigenvalue weighted by atomic mass is 10.0. The molecule has 188 valence electrons. The van der Waals surface area contributed by atoms with Gasteiger partial charge in [-0.05, 0) is 40.6 Å². The molecule has 0 aliphatic heterocycles. The lowest BCUT2D eigenvalue weighted by Crippen LogP contribution is -2.16. The van der Waals surface area contributed by atoms with Crippen molar-refractivity contribution >= 4 is 28.0 Å². The molecule has 3 aromatic carbocycles. The smallest absolute Gasteiger partial charge is 0.322 e. The highest BCUT2D eigenvalue weighted by Gasteiger charge is 2.36. The summed E-state index contributed by atoms with van der Waals surface area (Å²) >= 11 is 0. The second-order valence-electron chi connectivity index (χ2n) is 8.70. The number of rotatable bonds is 5. The summed E-state index contributed by atoms with van der Waals surface area (Å²) in [7, 11) is 0. The summed E-state index contributed by atoms with van der Waals surface area (Å²) in [5.41, 5.74) is 0.712. The van der Waals surface area contributed by atoms with E-state index < -0.39 is 17.8 Å². The first-order valence-corrected chi connectivity index (χ1v) is 11.7. The van der Waals surface area contributed by atoms with Crippen LogP contribution < -0.4 is 5.32 Å². The number of carbonyl (C=O) groups is 1. The maximum Gasteiger partial charge on any atom is 0.433 e. The Morgan fingerprint density at radius 1 is 0.921 bits per heavy atom. The number of alkyl halides is 3. The second-order valence-corrected chi connectivity index (χ2v) is 8.70. The van der Waals surface area contributed by atoms with E-state index in [0.29, 0.717) is 22.3 Å². The number of carbonyl (C=O) groups excluding carboxylic acids is 1. The molecule has 7 nitrogen and oxygen atoms in total. The van der Waals surface area contributed by atoms with Crippen LogP contribution in [0.1, 0.15) is 21.6 Å². The van der Waals surface area contributed by atoms with Gasteiger partial charge in [0, 0.05) is 23.6 Å². The molecule has 0 saturated heterocycles. The lowest BCUT2D eigenvalue weighted by Gasteiger charge is -2.13. The number of amides is 1. The van der Waals surface area contributed by atoms with Crippen LogP contribution in [0.25, 0.3) is 27.7 Å². The SMILES string of the molecule is O=C(Nc1cccc(Cn2cccn2)c1)c1cnn2c(C(F)(F)F)cc(-c3cccc4ccccc34)nc12. The average Bonchev–Trinajstić information content (AvgIpc) is 3.57. The highest BCUT2D eigenvalue weighted by molar-refractivity contribution is 6.08. The van der Waals surface area contributed by atoms with Crippen LogP contribution in [0.15, 0.2) is 97.5 Å². The first-order valence-electron chi connectivity index (χ1n) is 11.7. The molecule has 1 amide bonds. The molecule has 0 aliphatic carbocycles. The third-order valence-electron chi connectivity index (χ3n) is 6.16. The van der Waals surface area contributed by atoms with E-state index in [1.54, 1.807) is 41.2 Å². The van der Waals surface area contributed by atoms with Crippen LogP contribution in [-0.4, -0.2) is 30.3 Å². The van der Waals surface area contributed by atoms with Gasteiger partial charge in [0.2, 0.25) is 0 Å². The summed E-state index contributed by atoms with van der Waals surface area (Å²) in [5, 5.41) is 12.4. The van der Waals surface area contributed by atoms with Crippen molar-refractivity contribution in [2.45, 2.75) is 12.7 Å². The van der Waals surface area contributed by atoms with Crippen molar-refractivity contribution in [2.24, 2.45) is 0 Å². The molecule has 0 radical (unpaired) electrons. The van der Waals surface area contributed by atoms with Gasteiger partial charge in [-0.1, -0.05) is 54.6 Å². The van der Waals surface area contributed by atoms with Gasteiger partial charge >= 0.3 is 6.18 Å². The molecule has 3 heterocycles. The lowest BCUT2D eigenvalue weighted by molar-refractivity contribution is -0.142. The van der Waals surface area contributed by atoms with Crippen molar-refractivity contribution in [1.82, 2.24) is 24.4 Å². The van der Waals surface area contributed by atoms with Crippen LogP contribution in [0.5, 0.6) is 0 Å². The van der Waals surface area contributed by atoms with E-state index >= 15 is 0 Å². The molecule has 1 N–H and O–H groups in total. The third-order valence-corrected chi connectivity index (χ3v) is 6.16. The first-order chi connectivity index (χ1) is 18.4. The Hall–Kier alpha value is -4.99. The fraction of sp³-hybridized carbons (Fsp3) is 0.0714. The number of halogens is 3. The van der Waals surface area contributed by atoms with E-state index in [0.717, 1.165) is 28.6 Å². The third kappa shape index (κ3) is 4.36. The van der Waals surface area contributed by atoms with E-state index in [1.807, 2.05) is 48.7 Å². The zero-order chi connectivity index (χ0) is 26.3. The number of hydrogen-bond donors (Lipinski definition) is 1. The Morgan fingerprint density at radius 3 is 2.55 bits per heavy atom. The average molecular weight is 512 g/mol. The normalized spacial score (nSPS) is 11.8. The quantitative estimate of drug-likeness (QED) is 0.304. The number of hydrogen-bond acceptors (Lipinski definition) is 4. The molecule has 0 unspecified atom stereocenters. The molecule has 0 bridgehead atoms. The largest absolute Gasteiger partial charge is 0.433 e. The summed E-state index contributed by atoms with van der Waals surface area (Å²) < 4.78 is 44.7. The van der Waals surface area contributed by atoms with Gasteiger partial charge < -0.3 is 5.32 Å². The highest BCUT2D eigenvalue weighted by atomic mass is 19.4. The van der Waals surface area contributed by atoms with E-state index in [4.69, 9.17) is 0 Å². The molecule has 0 spiro atoms. The monoisotopic (exact) mass is 512 g/mol. The Bertz CT molecular complexity index is 1790. The molecule has 6 rings (SSSR count). The number of nitrogens with one attached hydrogen (secondary N) is 1. The van der Waals surface area contributed by atoms with Crippen LogP contribution in [0, 0.1) is 0 Å². The minimum absolute atomic E-state index is 0.0740. The van der Waals surface area contributed by atoms with E-state index in [1.165, 1.54) is 0 Å². The molecule has 38 heavy (non-hydrogen) atoms. The van der Waals surface area contributed by atoms with Crippen molar-refractivity contribution < 1.29 is 18.0 Å². The van der Waals surface area contributed by atoms with Crippen LogP contribution >= 0.6 is 0 Å². The van der Waals surface area contributed by atoms with Crippen molar-refractivity contribution in [3.63, 3.8) is 0 Å². The predicted octanol–water partition coefficient (Wildman–Crippen LogP) is 6.07. The second kappa shape index (κ2) is 9.15. The molecule has 3 aromatic heterocycles.